The summed E-state index contributed by atoms with van der Waals surface area (Å²) in [7, 11) is 1.89. The predicted octanol–water partition coefficient (Wildman–Crippen LogP) is 5.75. The number of carboxylic acids is 1. The minimum Gasteiger partial charge on any atom is -0.487 e. The smallest absolute Gasteiger partial charge is 0.307 e. The van der Waals surface area contributed by atoms with Gasteiger partial charge in [0.15, 0.2) is 0 Å². The number of hydrogen-bond acceptors (Lipinski definition) is 5. The van der Waals surface area contributed by atoms with Crippen LogP contribution in [0.25, 0.3) is 11.0 Å². The largest absolute Gasteiger partial charge is 0.487 e. The Hall–Kier alpha value is -3.81. The van der Waals surface area contributed by atoms with Gasteiger partial charge in [-0.25, -0.2) is 4.98 Å². The summed E-state index contributed by atoms with van der Waals surface area (Å²) < 4.78 is 10.1. The molecule has 1 saturated carbocycles. The first kappa shape index (κ1) is 25.5. The summed E-state index contributed by atoms with van der Waals surface area (Å²) in [6.07, 6.45) is 9.21. The molecule has 8 heteroatoms. The van der Waals surface area contributed by atoms with Crippen LogP contribution >= 0.6 is 0 Å². The highest BCUT2D eigenvalue weighted by atomic mass is 16.5. The van der Waals surface area contributed by atoms with Crippen molar-refractivity contribution in [3.63, 3.8) is 0 Å². The molecule has 1 saturated heterocycles. The van der Waals surface area contributed by atoms with Crippen molar-refractivity contribution < 1.29 is 14.6 Å². The first-order valence-electron chi connectivity index (χ1n) is 14.2. The SMILES string of the molecule is Cn1ccc(COc2ccc3nc([C@@H]4CCCC[C@@H]4C(=O)O)n(Cc4cccc(N5CCCCC5)c4)c3c2)n1. The second-order valence-electron chi connectivity index (χ2n) is 11.0. The number of aromatic nitrogens is 4. The zero-order valence-electron chi connectivity index (χ0n) is 22.6. The van der Waals surface area contributed by atoms with Crippen LogP contribution in [0, 0.1) is 5.92 Å². The molecule has 4 aromatic rings. The third-order valence-corrected chi connectivity index (χ3v) is 8.29. The molecule has 2 atom stereocenters. The van der Waals surface area contributed by atoms with Crippen LogP contribution in [0.2, 0.25) is 0 Å². The molecule has 0 amide bonds. The quantitative estimate of drug-likeness (QED) is 0.314. The Morgan fingerprint density at radius 1 is 1.03 bits per heavy atom. The Bertz CT molecular complexity index is 1450. The van der Waals surface area contributed by atoms with Gasteiger partial charge in [0, 0.05) is 50.6 Å². The maximum Gasteiger partial charge on any atom is 0.307 e. The van der Waals surface area contributed by atoms with Crippen molar-refractivity contribution in [1.82, 2.24) is 19.3 Å². The van der Waals surface area contributed by atoms with E-state index < -0.39 is 11.9 Å². The van der Waals surface area contributed by atoms with E-state index in [0.29, 0.717) is 19.6 Å². The van der Waals surface area contributed by atoms with Crippen LogP contribution in [-0.2, 0) is 25.0 Å². The van der Waals surface area contributed by atoms with Gasteiger partial charge in [-0.1, -0.05) is 25.0 Å². The van der Waals surface area contributed by atoms with E-state index in [4.69, 9.17) is 9.72 Å². The van der Waals surface area contributed by atoms with Gasteiger partial charge in [-0.2, -0.15) is 5.10 Å². The number of ether oxygens (including phenoxy) is 1. The van der Waals surface area contributed by atoms with Crippen molar-refractivity contribution in [3.05, 3.63) is 71.8 Å². The summed E-state index contributed by atoms with van der Waals surface area (Å²) in [6, 6.07) is 16.7. The van der Waals surface area contributed by atoms with Crippen molar-refractivity contribution in [2.45, 2.75) is 64.0 Å². The van der Waals surface area contributed by atoms with Gasteiger partial charge in [0.1, 0.15) is 18.2 Å². The highest BCUT2D eigenvalue weighted by Gasteiger charge is 2.35. The fourth-order valence-electron chi connectivity index (χ4n) is 6.28. The molecule has 1 N–H and O–H groups in total. The Kier molecular flexibility index (Phi) is 7.26. The van der Waals surface area contributed by atoms with Crippen LogP contribution < -0.4 is 9.64 Å². The van der Waals surface area contributed by atoms with Gasteiger partial charge in [0.05, 0.1) is 22.6 Å². The van der Waals surface area contributed by atoms with Crippen LogP contribution in [0.15, 0.2) is 54.7 Å². The molecule has 1 aliphatic carbocycles. The second kappa shape index (κ2) is 11.1. The van der Waals surface area contributed by atoms with E-state index in [9.17, 15) is 9.90 Å². The first-order chi connectivity index (χ1) is 19.0. The minimum atomic E-state index is -0.718. The Labute approximate surface area is 229 Å². The average molecular weight is 528 g/mol. The number of anilines is 1. The van der Waals surface area contributed by atoms with E-state index in [1.165, 1.54) is 30.5 Å². The molecule has 2 aromatic carbocycles. The molecule has 2 aliphatic rings. The van der Waals surface area contributed by atoms with Crippen LogP contribution in [-0.4, -0.2) is 43.5 Å². The fraction of sp³-hybridized carbons (Fsp3) is 0.452. The Balaban J connectivity index is 1.37. The van der Waals surface area contributed by atoms with Crippen molar-refractivity contribution in [2.75, 3.05) is 18.0 Å². The number of benzene rings is 2. The average Bonchev–Trinajstić information content (AvgIpc) is 3.55. The van der Waals surface area contributed by atoms with E-state index in [-0.39, 0.29) is 5.92 Å². The van der Waals surface area contributed by atoms with E-state index in [2.05, 4.69) is 38.8 Å². The van der Waals surface area contributed by atoms with E-state index in [1.807, 2.05) is 37.5 Å². The van der Waals surface area contributed by atoms with Gasteiger partial charge in [0.25, 0.3) is 0 Å². The number of fused-ring (bicyclic) bond motifs is 1. The zero-order valence-corrected chi connectivity index (χ0v) is 22.6. The number of aliphatic carboxylic acids is 1. The molecule has 8 nitrogen and oxygen atoms in total. The molecule has 3 heterocycles. The lowest BCUT2D eigenvalue weighted by molar-refractivity contribution is -0.143. The molecule has 0 unspecified atom stereocenters. The van der Waals surface area contributed by atoms with Crippen molar-refractivity contribution in [2.24, 2.45) is 13.0 Å². The molecule has 0 spiro atoms. The number of hydrogen-bond donors (Lipinski definition) is 1. The molecule has 6 rings (SSSR count). The number of rotatable bonds is 8. The van der Waals surface area contributed by atoms with Gasteiger partial charge < -0.3 is 19.3 Å². The van der Waals surface area contributed by atoms with Crippen molar-refractivity contribution in [1.29, 1.82) is 0 Å². The van der Waals surface area contributed by atoms with Crippen LogP contribution in [0.1, 0.15) is 67.9 Å². The Morgan fingerprint density at radius 3 is 2.67 bits per heavy atom. The summed E-state index contributed by atoms with van der Waals surface area (Å²) in [5, 5.41) is 14.5. The number of carbonyl (C=O) groups is 1. The third-order valence-electron chi connectivity index (χ3n) is 8.29. The number of aryl methyl sites for hydroxylation is 1. The number of nitrogens with zero attached hydrogens (tertiary/aromatic N) is 5. The van der Waals surface area contributed by atoms with Crippen LogP contribution in [0.4, 0.5) is 5.69 Å². The predicted molar refractivity (Wildman–Crippen MR) is 151 cm³/mol. The van der Waals surface area contributed by atoms with E-state index in [0.717, 1.165) is 60.7 Å². The van der Waals surface area contributed by atoms with Crippen molar-refractivity contribution >= 4 is 22.7 Å². The molecular formula is C31H37N5O3. The van der Waals surface area contributed by atoms with Gasteiger partial charge in [-0.05, 0) is 68.0 Å². The highest BCUT2D eigenvalue weighted by Crippen LogP contribution is 2.39. The minimum absolute atomic E-state index is 0.105. The summed E-state index contributed by atoms with van der Waals surface area (Å²) in [5.74, 6) is 0.397. The maximum absolute atomic E-state index is 12.2. The summed E-state index contributed by atoms with van der Waals surface area (Å²) in [5.41, 5.74) is 5.17. The fourth-order valence-corrected chi connectivity index (χ4v) is 6.28. The number of carboxylic acid groups (broad SMARTS) is 1. The summed E-state index contributed by atoms with van der Waals surface area (Å²) in [4.78, 5) is 19.8. The van der Waals surface area contributed by atoms with Crippen LogP contribution in [0.5, 0.6) is 5.75 Å². The monoisotopic (exact) mass is 527 g/mol. The molecular weight excluding hydrogens is 490 g/mol. The van der Waals surface area contributed by atoms with Gasteiger partial charge in [0.2, 0.25) is 0 Å². The molecule has 0 bridgehead atoms. The lowest BCUT2D eigenvalue weighted by atomic mass is 9.78. The molecule has 2 fully saturated rings. The topological polar surface area (TPSA) is 85.4 Å². The molecule has 204 valence electrons. The second-order valence-corrected chi connectivity index (χ2v) is 11.0. The van der Waals surface area contributed by atoms with E-state index in [1.54, 1.807) is 4.68 Å². The standard InChI is InChI=1S/C31H37N5O3/c1-34-17-14-23(33-34)21-39-25-12-13-28-29(19-25)36(30(32-28)26-10-3-4-11-27(26)31(37)38)20-22-8-7-9-24(18-22)35-15-5-2-6-16-35/h7-9,12-14,17-19,26-27H,2-6,10-11,15-16,20-21H2,1H3,(H,37,38)/t26-,27+/m1/s1. The first-order valence-corrected chi connectivity index (χ1v) is 14.2. The van der Waals surface area contributed by atoms with Gasteiger partial charge >= 0.3 is 5.97 Å². The normalized spacial score (nSPS) is 19.9. The number of piperidine rings is 1. The molecule has 39 heavy (non-hydrogen) atoms. The number of imidazole rings is 1. The summed E-state index contributed by atoms with van der Waals surface area (Å²) in [6.45, 7) is 3.22. The third kappa shape index (κ3) is 5.51. The lowest BCUT2D eigenvalue weighted by Crippen LogP contribution is -2.29. The lowest BCUT2D eigenvalue weighted by Gasteiger charge is -2.30. The van der Waals surface area contributed by atoms with Crippen molar-refractivity contribution in [3.8, 4) is 5.75 Å². The van der Waals surface area contributed by atoms with Gasteiger partial charge in [-0.3, -0.25) is 9.48 Å². The Morgan fingerprint density at radius 2 is 1.87 bits per heavy atom. The maximum atomic E-state index is 12.2. The van der Waals surface area contributed by atoms with Crippen LogP contribution in [0.3, 0.4) is 0 Å². The van der Waals surface area contributed by atoms with E-state index >= 15 is 0 Å². The molecule has 1 aliphatic heterocycles. The zero-order chi connectivity index (χ0) is 26.8. The summed E-state index contributed by atoms with van der Waals surface area (Å²) >= 11 is 0. The highest BCUT2D eigenvalue weighted by molar-refractivity contribution is 5.79. The molecule has 2 aromatic heterocycles. The molecule has 0 radical (unpaired) electrons. The van der Waals surface area contributed by atoms with Gasteiger partial charge in [-0.15, -0.1) is 0 Å².